The summed E-state index contributed by atoms with van der Waals surface area (Å²) < 4.78 is 23.6. The number of carbonyl (C=O) groups excluding carboxylic acids is 4. The number of carbonyl (C=O) groups is 4. The molecule has 0 aromatic rings. The third-order valence-corrected chi connectivity index (χ3v) is 13.4. The molecule has 0 aromatic carbocycles. The molecule has 12 atom stereocenters. The van der Waals surface area contributed by atoms with Crippen LogP contribution in [0.3, 0.4) is 0 Å². The van der Waals surface area contributed by atoms with Crippen molar-refractivity contribution in [3.63, 3.8) is 0 Å². The monoisotopic (exact) mass is 602 g/mol. The lowest BCUT2D eigenvalue weighted by molar-refractivity contribution is -0.216. The molecule has 9 heteroatoms. The van der Waals surface area contributed by atoms with Gasteiger partial charge in [-0.1, -0.05) is 20.8 Å². The summed E-state index contributed by atoms with van der Waals surface area (Å²) in [6.07, 6.45) is 6.83. The van der Waals surface area contributed by atoms with Crippen molar-refractivity contribution in [3.8, 4) is 0 Å². The molecule has 6 fully saturated rings. The topological polar surface area (TPSA) is 125 Å². The van der Waals surface area contributed by atoms with Crippen molar-refractivity contribution in [1.82, 2.24) is 0 Å². The van der Waals surface area contributed by atoms with Crippen molar-refractivity contribution in [2.24, 2.45) is 45.3 Å². The molecule has 2 spiro atoms. The maximum Gasteiger partial charge on any atom is 0.303 e. The summed E-state index contributed by atoms with van der Waals surface area (Å²) in [5, 5.41) is 10.8. The fourth-order valence-corrected chi connectivity index (χ4v) is 11.7. The molecular weight excluding hydrogens is 552 g/mol. The molecule has 1 aliphatic heterocycles. The number of Topliss-reactive ketones (excluding diaryl/α,β-unsaturated/α-hetero) is 1. The summed E-state index contributed by atoms with van der Waals surface area (Å²) >= 11 is 0. The predicted octanol–water partition coefficient (Wildman–Crippen LogP) is 4.20. The van der Waals surface area contributed by atoms with E-state index in [1.807, 2.05) is 0 Å². The standard InChI is InChI=1S/C34H50O9/c1-19(37)41-29(31(4,5)39)22-9-7-21-28(42-22)27(38)26-20-8-10-23-30(2,3)24(43-25(17-36)40-16-15-35)11-12-34(23)18-33(20,34)14-13-32(21,26)6/h15,17,20-26,28-29,39H,7-14,16,18H2,1-6H3/t20?,21?,22?,23?,24-,25?,26?,28?,29-,32+,33-,34+/m0/s1. The van der Waals surface area contributed by atoms with E-state index in [9.17, 15) is 24.3 Å². The molecule has 1 saturated heterocycles. The summed E-state index contributed by atoms with van der Waals surface area (Å²) in [6, 6.07) is 0. The Hall–Kier alpha value is -1.68. The van der Waals surface area contributed by atoms with E-state index in [1.54, 1.807) is 13.8 Å². The number of rotatable bonds is 9. The van der Waals surface area contributed by atoms with E-state index >= 15 is 0 Å². The van der Waals surface area contributed by atoms with Crippen LogP contribution in [-0.2, 0) is 38.1 Å². The highest BCUT2D eigenvalue weighted by molar-refractivity contribution is 5.90. The van der Waals surface area contributed by atoms with Gasteiger partial charge in [0.2, 0.25) is 6.29 Å². The highest BCUT2D eigenvalue weighted by atomic mass is 16.7. The summed E-state index contributed by atoms with van der Waals surface area (Å²) in [6.45, 7) is 11.3. The van der Waals surface area contributed by atoms with Crippen LogP contribution >= 0.6 is 0 Å². The van der Waals surface area contributed by atoms with Crippen LogP contribution in [0.15, 0.2) is 0 Å². The first-order valence-corrected chi connectivity index (χ1v) is 16.4. The van der Waals surface area contributed by atoms with E-state index in [-0.39, 0.29) is 52.0 Å². The molecule has 5 saturated carbocycles. The molecule has 9 nitrogen and oxygen atoms in total. The van der Waals surface area contributed by atoms with Gasteiger partial charge in [-0.15, -0.1) is 0 Å². The Morgan fingerprint density at radius 1 is 1.05 bits per heavy atom. The minimum absolute atomic E-state index is 0.0436. The van der Waals surface area contributed by atoms with Crippen molar-refractivity contribution in [3.05, 3.63) is 0 Å². The number of fused-ring (bicyclic) bond motifs is 4. The second-order valence-corrected chi connectivity index (χ2v) is 16.1. The minimum Gasteiger partial charge on any atom is -0.457 e. The smallest absolute Gasteiger partial charge is 0.303 e. The van der Waals surface area contributed by atoms with Crippen molar-refractivity contribution in [2.45, 2.75) is 136 Å². The first kappa shape index (κ1) is 31.3. The van der Waals surface area contributed by atoms with Crippen LogP contribution in [0.1, 0.15) is 99.3 Å². The number of aliphatic hydroxyl groups is 1. The van der Waals surface area contributed by atoms with Crippen LogP contribution in [0.4, 0.5) is 0 Å². The summed E-state index contributed by atoms with van der Waals surface area (Å²) in [5.74, 6) is 0.598. The zero-order chi connectivity index (χ0) is 31.2. The van der Waals surface area contributed by atoms with E-state index in [2.05, 4.69) is 20.8 Å². The van der Waals surface area contributed by atoms with Crippen LogP contribution in [0.2, 0.25) is 0 Å². The Labute approximate surface area is 255 Å². The van der Waals surface area contributed by atoms with Crippen LogP contribution in [0.5, 0.6) is 0 Å². The first-order chi connectivity index (χ1) is 20.2. The summed E-state index contributed by atoms with van der Waals surface area (Å²) in [4.78, 5) is 48.7. The molecule has 1 N–H and O–H groups in total. The maximum absolute atomic E-state index is 14.4. The van der Waals surface area contributed by atoms with Gasteiger partial charge in [0.25, 0.3) is 0 Å². The van der Waals surface area contributed by atoms with Crippen LogP contribution < -0.4 is 0 Å². The fraction of sp³-hybridized carbons (Fsp3) is 0.882. The zero-order valence-electron chi connectivity index (χ0n) is 26.6. The molecule has 5 aliphatic carbocycles. The minimum atomic E-state index is -1.29. The number of esters is 1. The second kappa shape index (κ2) is 10.4. The van der Waals surface area contributed by atoms with E-state index in [0.717, 1.165) is 51.4 Å². The van der Waals surface area contributed by atoms with Gasteiger partial charge in [-0.25, -0.2) is 0 Å². The Morgan fingerprint density at radius 3 is 2.42 bits per heavy atom. The molecule has 6 rings (SSSR count). The zero-order valence-corrected chi connectivity index (χ0v) is 26.6. The Balaban J connectivity index is 1.22. The Bertz CT molecular complexity index is 1160. The third-order valence-electron chi connectivity index (χ3n) is 13.4. The average Bonchev–Trinajstić information content (AvgIpc) is 3.55. The second-order valence-electron chi connectivity index (χ2n) is 16.1. The third kappa shape index (κ3) is 4.53. The van der Waals surface area contributed by atoms with Crippen LogP contribution in [-0.4, -0.2) is 72.3 Å². The Morgan fingerprint density at radius 2 is 1.77 bits per heavy atom. The van der Waals surface area contributed by atoms with E-state index in [1.165, 1.54) is 6.92 Å². The molecule has 1 heterocycles. The number of hydrogen-bond acceptors (Lipinski definition) is 9. The van der Waals surface area contributed by atoms with E-state index in [4.69, 9.17) is 18.9 Å². The number of aldehydes is 2. The normalized spacial score (nSPS) is 45.7. The van der Waals surface area contributed by atoms with Crippen molar-refractivity contribution in [2.75, 3.05) is 6.61 Å². The van der Waals surface area contributed by atoms with Gasteiger partial charge >= 0.3 is 5.97 Å². The average molecular weight is 603 g/mol. The van der Waals surface area contributed by atoms with E-state index < -0.39 is 36.2 Å². The van der Waals surface area contributed by atoms with Gasteiger partial charge in [0.05, 0.1) is 17.8 Å². The molecule has 7 unspecified atom stereocenters. The molecule has 0 radical (unpaired) electrons. The molecule has 43 heavy (non-hydrogen) atoms. The maximum atomic E-state index is 14.4. The fourth-order valence-electron chi connectivity index (χ4n) is 11.7. The molecule has 0 amide bonds. The van der Waals surface area contributed by atoms with Crippen LogP contribution in [0.25, 0.3) is 0 Å². The summed E-state index contributed by atoms with van der Waals surface area (Å²) in [5.41, 5.74) is -1.25. The molecule has 0 bridgehead atoms. The Kier molecular flexibility index (Phi) is 7.59. The van der Waals surface area contributed by atoms with Gasteiger partial charge in [0, 0.05) is 12.8 Å². The number of ketones is 1. The van der Waals surface area contributed by atoms with Gasteiger partial charge in [0.1, 0.15) is 19.0 Å². The van der Waals surface area contributed by atoms with Gasteiger partial charge in [0.15, 0.2) is 18.2 Å². The molecule has 6 aliphatic rings. The summed E-state index contributed by atoms with van der Waals surface area (Å²) in [7, 11) is 0. The highest BCUT2D eigenvalue weighted by Gasteiger charge is 2.82. The van der Waals surface area contributed by atoms with Crippen molar-refractivity contribution in [1.29, 1.82) is 0 Å². The van der Waals surface area contributed by atoms with Crippen LogP contribution in [0, 0.1) is 45.3 Å². The van der Waals surface area contributed by atoms with Gasteiger partial charge < -0.3 is 28.8 Å². The molecule has 0 aromatic heterocycles. The number of ether oxygens (including phenoxy) is 4. The highest BCUT2D eigenvalue weighted by Crippen LogP contribution is 2.87. The van der Waals surface area contributed by atoms with E-state index in [0.29, 0.717) is 30.8 Å². The molecule has 240 valence electrons. The predicted molar refractivity (Wildman–Crippen MR) is 155 cm³/mol. The van der Waals surface area contributed by atoms with Gasteiger partial charge in [-0.05, 0) is 111 Å². The lowest BCUT2D eigenvalue weighted by Gasteiger charge is -2.59. The quantitative estimate of drug-likeness (QED) is 0.235. The van der Waals surface area contributed by atoms with Crippen molar-refractivity contribution >= 4 is 24.3 Å². The molecular formula is C34H50O9. The van der Waals surface area contributed by atoms with Gasteiger partial charge in [-0.3, -0.25) is 14.4 Å². The SMILES string of the molecule is CC(=O)O[C@@H](C1CCC2C(O1)C(=O)C1C3CCC4C(C)(C)[C@@H](OC(C=O)OCC=O)CC[C@@]45C[C@@]35CC[C@]21C)C(C)(C)O. The first-order valence-electron chi connectivity index (χ1n) is 16.4. The van der Waals surface area contributed by atoms with Crippen molar-refractivity contribution < 1.29 is 43.2 Å². The largest absolute Gasteiger partial charge is 0.457 e. The number of hydrogen-bond donors (Lipinski definition) is 1. The lowest BCUT2D eigenvalue weighted by Crippen LogP contribution is -2.56. The lowest BCUT2D eigenvalue weighted by atomic mass is 9.46. The van der Waals surface area contributed by atoms with Gasteiger partial charge in [-0.2, -0.15) is 0 Å².